The molecule has 1 amide bonds. The molecule has 1 atom stereocenters. The van der Waals surface area contributed by atoms with Crippen LogP contribution in [-0.2, 0) is 16.1 Å². The van der Waals surface area contributed by atoms with Gasteiger partial charge in [0.1, 0.15) is 22.4 Å². The van der Waals surface area contributed by atoms with Crippen molar-refractivity contribution in [2.75, 3.05) is 11.5 Å². The van der Waals surface area contributed by atoms with E-state index in [2.05, 4.69) is 4.98 Å². The van der Waals surface area contributed by atoms with Gasteiger partial charge < -0.3 is 14.7 Å². The van der Waals surface area contributed by atoms with E-state index in [9.17, 15) is 23.5 Å². The second-order valence-corrected chi connectivity index (χ2v) is 8.86. The van der Waals surface area contributed by atoms with E-state index in [1.807, 2.05) is 6.92 Å². The number of halogens is 2. The average molecular weight is 450 g/mol. The maximum atomic E-state index is 14.0. The summed E-state index contributed by atoms with van der Waals surface area (Å²) in [5.41, 5.74) is 0.779. The summed E-state index contributed by atoms with van der Waals surface area (Å²) >= 11 is 2.21. The minimum absolute atomic E-state index is 0.0247. The molecule has 6 nitrogen and oxygen atoms in total. The van der Waals surface area contributed by atoms with Gasteiger partial charge in [0.05, 0.1) is 40.7 Å². The molecule has 1 aliphatic heterocycles. The van der Waals surface area contributed by atoms with Gasteiger partial charge in [0.25, 0.3) is 0 Å². The predicted molar refractivity (Wildman–Crippen MR) is 110 cm³/mol. The van der Waals surface area contributed by atoms with Gasteiger partial charge >= 0.3 is 5.97 Å². The number of hydrogen-bond acceptors (Lipinski definition) is 6. The SMILES string of the molecule is CCOc1ccc2c(c1)SC(CC(=O)O)C(=O)N2Cc1nc2cc(F)cc(F)c2s1. The lowest BCUT2D eigenvalue weighted by Crippen LogP contribution is -2.41. The van der Waals surface area contributed by atoms with Crippen LogP contribution in [0, 0.1) is 11.6 Å². The largest absolute Gasteiger partial charge is 0.494 e. The van der Waals surface area contributed by atoms with Crippen molar-refractivity contribution in [2.24, 2.45) is 0 Å². The summed E-state index contributed by atoms with van der Waals surface area (Å²) in [6, 6.07) is 7.16. The summed E-state index contributed by atoms with van der Waals surface area (Å²) in [4.78, 5) is 30.7. The van der Waals surface area contributed by atoms with Crippen LogP contribution in [0.4, 0.5) is 14.5 Å². The number of benzene rings is 2. The minimum Gasteiger partial charge on any atom is -0.494 e. The van der Waals surface area contributed by atoms with Crippen molar-refractivity contribution in [2.45, 2.75) is 30.0 Å². The lowest BCUT2D eigenvalue weighted by Gasteiger charge is -2.33. The summed E-state index contributed by atoms with van der Waals surface area (Å²) < 4.78 is 33.3. The van der Waals surface area contributed by atoms with Crippen LogP contribution in [0.25, 0.3) is 10.2 Å². The molecule has 0 spiro atoms. The Labute approximate surface area is 178 Å². The Hall–Kier alpha value is -2.72. The number of nitrogens with zero attached hydrogens (tertiary/aromatic N) is 2. The second kappa shape index (κ2) is 8.19. The van der Waals surface area contributed by atoms with Crippen molar-refractivity contribution in [3.05, 3.63) is 47.0 Å². The zero-order valence-electron chi connectivity index (χ0n) is 15.7. The standard InChI is InChI=1S/C20H16F2N2O4S2/c1-2-28-11-3-4-14-15(7-11)29-16(8-18(25)26)20(27)24(14)9-17-23-13-6-10(21)5-12(22)19(13)30-17/h3-7,16H,2,8-9H2,1H3,(H,25,26). The highest BCUT2D eigenvalue weighted by Gasteiger charge is 2.35. The molecule has 4 rings (SSSR count). The number of anilines is 1. The first-order valence-electron chi connectivity index (χ1n) is 9.07. The van der Waals surface area contributed by atoms with Crippen LogP contribution < -0.4 is 9.64 Å². The number of carboxylic acids is 1. The van der Waals surface area contributed by atoms with Crippen molar-refractivity contribution in [1.82, 2.24) is 4.98 Å². The number of amides is 1. The number of hydrogen-bond donors (Lipinski definition) is 1. The van der Waals surface area contributed by atoms with E-state index in [4.69, 9.17) is 4.74 Å². The highest BCUT2D eigenvalue weighted by Crippen LogP contribution is 2.43. The van der Waals surface area contributed by atoms with Crippen molar-refractivity contribution in [1.29, 1.82) is 0 Å². The molecule has 0 aliphatic carbocycles. The van der Waals surface area contributed by atoms with Gasteiger partial charge in [-0.05, 0) is 25.1 Å². The molecule has 3 aromatic rings. The second-order valence-electron chi connectivity index (χ2n) is 6.53. The van der Waals surface area contributed by atoms with E-state index in [1.165, 1.54) is 16.7 Å². The van der Waals surface area contributed by atoms with Crippen molar-refractivity contribution >= 4 is 50.9 Å². The average Bonchev–Trinajstić information content (AvgIpc) is 3.08. The highest BCUT2D eigenvalue weighted by molar-refractivity contribution is 8.01. The van der Waals surface area contributed by atoms with Crippen LogP contribution in [0.5, 0.6) is 5.75 Å². The third kappa shape index (κ3) is 3.97. The Morgan fingerprint density at radius 2 is 2.10 bits per heavy atom. The van der Waals surface area contributed by atoms with E-state index in [0.717, 1.165) is 23.5 Å². The topological polar surface area (TPSA) is 79.7 Å². The number of carbonyl (C=O) groups excluding carboxylic acids is 1. The number of thiazole rings is 1. The maximum absolute atomic E-state index is 14.0. The molecule has 2 heterocycles. The number of thioether (sulfide) groups is 1. The smallest absolute Gasteiger partial charge is 0.305 e. The Morgan fingerprint density at radius 1 is 1.30 bits per heavy atom. The molecule has 0 radical (unpaired) electrons. The first-order valence-corrected chi connectivity index (χ1v) is 10.8. The lowest BCUT2D eigenvalue weighted by molar-refractivity contribution is -0.138. The molecule has 0 saturated carbocycles. The van der Waals surface area contributed by atoms with Gasteiger partial charge in [-0.25, -0.2) is 13.8 Å². The highest BCUT2D eigenvalue weighted by atomic mass is 32.2. The quantitative estimate of drug-likeness (QED) is 0.598. The van der Waals surface area contributed by atoms with Gasteiger partial charge in [-0.1, -0.05) is 0 Å². The monoisotopic (exact) mass is 450 g/mol. The molecule has 1 unspecified atom stereocenters. The maximum Gasteiger partial charge on any atom is 0.305 e. The molecule has 156 valence electrons. The number of rotatable bonds is 6. The Balaban J connectivity index is 1.72. The molecular formula is C20H16F2N2O4S2. The van der Waals surface area contributed by atoms with Crippen LogP contribution >= 0.6 is 23.1 Å². The van der Waals surface area contributed by atoms with Crippen molar-refractivity contribution in [3.63, 3.8) is 0 Å². The van der Waals surface area contributed by atoms with Crippen LogP contribution in [0.2, 0.25) is 0 Å². The first kappa shape index (κ1) is 20.5. The number of ether oxygens (including phenoxy) is 1. The normalized spacial score (nSPS) is 16.0. The van der Waals surface area contributed by atoms with Gasteiger partial charge in [0.15, 0.2) is 0 Å². The van der Waals surface area contributed by atoms with Crippen molar-refractivity contribution < 1.29 is 28.2 Å². The van der Waals surface area contributed by atoms with Crippen LogP contribution in [0.15, 0.2) is 35.2 Å². The Kier molecular flexibility index (Phi) is 5.61. The van der Waals surface area contributed by atoms with Gasteiger partial charge in [0, 0.05) is 17.0 Å². The molecule has 0 fully saturated rings. The minimum atomic E-state index is -1.08. The van der Waals surface area contributed by atoms with E-state index >= 15 is 0 Å². The van der Waals surface area contributed by atoms with Crippen molar-refractivity contribution in [3.8, 4) is 5.75 Å². The fourth-order valence-electron chi connectivity index (χ4n) is 3.22. The summed E-state index contributed by atoms with van der Waals surface area (Å²) in [7, 11) is 0. The summed E-state index contributed by atoms with van der Waals surface area (Å²) in [6.07, 6.45) is -0.335. The number of aliphatic carboxylic acids is 1. The van der Waals surface area contributed by atoms with Gasteiger partial charge in [-0.2, -0.15) is 0 Å². The third-order valence-corrected chi connectivity index (χ3v) is 6.75. The number of aromatic nitrogens is 1. The van der Waals surface area contributed by atoms with E-state index in [0.29, 0.717) is 27.9 Å². The number of carbonyl (C=O) groups is 2. The zero-order chi connectivity index (χ0) is 21.4. The molecule has 1 aliphatic rings. The van der Waals surface area contributed by atoms with Crippen LogP contribution in [0.3, 0.4) is 0 Å². The van der Waals surface area contributed by atoms with E-state index < -0.39 is 22.9 Å². The van der Waals surface area contributed by atoms with Crippen LogP contribution in [0.1, 0.15) is 18.4 Å². The molecular weight excluding hydrogens is 434 g/mol. The van der Waals surface area contributed by atoms with Gasteiger partial charge in [-0.3, -0.25) is 9.59 Å². The van der Waals surface area contributed by atoms with E-state index in [-0.39, 0.29) is 29.1 Å². The molecule has 10 heteroatoms. The van der Waals surface area contributed by atoms with Crippen LogP contribution in [-0.4, -0.2) is 33.8 Å². The molecule has 30 heavy (non-hydrogen) atoms. The Bertz CT molecular complexity index is 1150. The zero-order valence-corrected chi connectivity index (χ0v) is 17.4. The molecule has 0 saturated heterocycles. The van der Waals surface area contributed by atoms with Gasteiger partial charge in [0.2, 0.25) is 5.91 Å². The number of fused-ring (bicyclic) bond motifs is 2. The molecule has 1 N–H and O–H groups in total. The first-order chi connectivity index (χ1) is 14.4. The summed E-state index contributed by atoms with van der Waals surface area (Å²) in [6.45, 7) is 2.35. The summed E-state index contributed by atoms with van der Waals surface area (Å²) in [5, 5.41) is 8.81. The fraction of sp³-hybridized carbons (Fsp3) is 0.250. The molecule has 1 aromatic heterocycles. The number of carboxylic acid groups (broad SMARTS) is 1. The molecule has 2 aromatic carbocycles. The lowest BCUT2D eigenvalue weighted by atomic mass is 10.2. The van der Waals surface area contributed by atoms with Gasteiger partial charge in [-0.15, -0.1) is 23.1 Å². The molecule has 0 bridgehead atoms. The fourth-order valence-corrected chi connectivity index (χ4v) is 5.41. The predicted octanol–water partition coefficient (Wildman–Crippen LogP) is 4.46. The summed E-state index contributed by atoms with van der Waals surface area (Å²) in [5.74, 6) is -2.27. The third-order valence-electron chi connectivity index (χ3n) is 4.45. The van der Waals surface area contributed by atoms with E-state index in [1.54, 1.807) is 18.2 Å². The Morgan fingerprint density at radius 3 is 2.83 bits per heavy atom.